The molecule has 1 N–H and O–H groups in total. The lowest BCUT2D eigenvalue weighted by Gasteiger charge is -2.29. The zero-order valence-electron chi connectivity index (χ0n) is 13.7. The first-order valence-corrected chi connectivity index (χ1v) is 9.37. The van der Waals surface area contributed by atoms with Crippen molar-refractivity contribution in [3.63, 3.8) is 0 Å². The molecule has 2 unspecified atom stereocenters. The molecule has 0 aliphatic heterocycles. The van der Waals surface area contributed by atoms with Gasteiger partial charge in [0.15, 0.2) is 0 Å². The molecule has 0 bridgehead atoms. The predicted molar refractivity (Wildman–Crippen MR) is 97.8 cm³/mol. The summed E-state index contributed by atoms with van der Waals surface area (Å²) in [5, 5.41) is 4.31. The molecular formula is C19H21N3OS. The van der Waals surface area contributed by atoms with E-state index >= 15 is 0 Å². The maximum atomic E-state index is 13.0. The smallest absolute Gasteiger partial charge is 0.263 e. The number of pyridine rings is 1. The first-order valence-electron chi connectivity index (χ1n) is 8.56. The molecule has 0 radical (unpaired) electrons. The lowest BCUT2D eigenvalue weighted by molar-refractivity contribution is 0.0914. The van der Waals surface area contributed by atoms with Gasteiger partial charge in [-0.05, 0) is 43.0 Å². The lowest BCUT2D eigenvalue weighted by atomic mass is 9.86. The van der Waals surface area contributed by atoms with E-state index in [4.69, 9.17) is 0 Å². The molecule has 1 saturated carbocycles. The van der Waals surface area contributed by atoms with Gasteiger partial charge in [-0.3, -0.25) is 4.79 Å². The molecule has 3 aromatic heterocycles. The van der Waals surface area contributed by atoms with Gasteiger partial charge in [0.2, 0.25) is 0 Å². The number of fused-ring (bicyclic) bond motifs is 1. The Morgan fingerprint density at radius 1 is 1.25 bits per heavy atom. The minimum atomic E-state index is 0.0282. The number of hydrogen-bond donors (Lipinski definition) is 1. The van der Waals surface area contributed by atoms with E-state index in [0.29, 0.717) is 5.92 Å². The number of amides is 1. The third-order valence-electron chi connectivity index (χ3n) is 4.94. The summed E-state index contributed by atoms with van der Waals surface area (Å²) in [6.45, 7) is 2.24. The Labute approximate surface area is 145 Å². The van der Waals surface area contributed by atoms with Crippen molar-refractivity contribution in [1.82, 2.24) is 14.9 Å². The second-order valence-corrected chi connectivity index (χ2v) is 7.57. The summed E-state index contributed by atoms with van der Waals surface area (Å²) < 4.78 is 2.01. The van der Waals surface area contributed by atoms with Crippen LogP contribution in [0, 0.1) is 5.92 Å². The molecule has 4 nitrogen and oxygen atoms in total. The molecule has 1 aliphatic carbocycles. The number of thiophene rings is 1. The molecule has 3 aromatic rings. The Bertz CT molecular complexity index is 853. The van der Waals surface area contributed by atoms with Gasteiger partial charge in [0.25, 0.3) is 5.91 Å². The van der Waals surface area contributed by atoms with Crippen LogP contribution in [-0.2, 0) is 0 Å². The Balaban J connectivity index is 1.73. The Kier molecular flexibility index (Phi) is 4.10. The molecule has 24 heavy (non-hydrogen) atoms. The number of hydrogen-bond acceptors (Lipinski definition) is 3. The van der Waals surface area contributed by atoms with Gasteiger partial charge < -0.3 is 9.88 Å². The minimum Gasteiger partial charge on any atom is -0.348 e. The van der Waals surface area contributed by atoms with Crippen LogP contribution in [0.2, 0.25) is 0 Å². The maximum Gasteiger partial charge on any atom is 0.263 e. The number of carbonyl (C=O) groups excluding carboxylic acids is 1. The molecule has 4 rings (SSSR count). The van der Waals surface area contributed by atoms with Crippen molar-refractivity contribution >= 4 is 27.5 Å². The Morgan fingerprint density at radius 3 is 2.83 bits per heavy atom. The summed E-state index contributed by atoms with van der Waals surface area (Å²) in [6.07, 6.45) is 10.5. The van der Waals surface area contributed by atoms with Crippen LogP contribution in [0.25, 0.3) is 15.9 Å². The largest absolute Gasteiger partial charge is 0.348 e. The normalized spacial score (nSPS) is 21.0. The molecule has 124 valence electrons. The van der Waals surface area contributed by atoms with Crippen molar-refractivity contribution in [2.24, 2.45) is 5.92 Å². The molecule has 5 heteroatoms. The highest BCUT2D eigenvalue weighted by Crippen LogP contribution is 2.33. The lowest BCUT2D eigenvalue weighted by Crippen LogP contribution is -2.41. The SMILES string of the molecule is CC1CCCCC1NC(=O)c1sc2ncccc2c1-n1cccc1. The summed E-state index contributed by atoms with van der Waals surface area (Å²) in [4.78, 5) is 19.1. The van der Waals surface area contributed by atoms with E-state index in [-0.39, 0.29) is 11.9 Å². The van der Waals surface area contributed by atoms with Crippen molar-refractivity contribution in [1.29, 1.82) is 0 Å². The summed E-state index contributed by atoms with van der Waals surface area (Å²) >= 11 is 1.48. The predicted octanol–water partition coefficient (Wildman–Crippen LogP) is 4.40. The molecule has 0 saturated heterocycles. The van der Waals surface area contributed by atoms with Crippen molar-refractivity contribution in [3.05, 3.63) is 47.7 Å². The molecule has 3 heterocycles. The number of carbonyl (C=O) groups is 1. The van der Waals surface area contributed by atoms with Gasteiger partial charge in [0.05, 0.1) is 5.69 Å². The maximum absolute atomic E-state index is 13.0. The molecule has 0 spiro atoms. The monoisotopic (exact) mass is 339 g/mol. The number of aromatic nitrogens is 2. The van der Waals surface area contributed by atoms with Crippen LogP contribution >= 0.6 is 11.3 Å². The number of nitrogens with zero attached hydrogens (tertiary/aromatic N) is 2. The van der Waals surface area contributed by atoms with Crippen LogP contribution in [0.15, 0.2) is 42.9 Å². The second-order valence-electron chi connectivity index (χ2n) is 6.57. The van der Waals surface area contributed by atoms with Gasteiger partial charge >= 0.3 is 0 Å². The van der Waals surface area contributed by atoms with E-state index in [1.807, 2.05) is 41.2 Å². The summed E-state index contributed by atoms with van der Waals surface area (Å²) in [6, 6.07) is 8.19. The number of rotatable bonds is 3. The Hall–Kier alpha value is -2.14. The molecule has 1 amide bonds. The zero-order valence-corrected chi connectivity index (χ0v) is 14.6. The third-order valence-corrected chi connectivity index (χ3v) is 6.04. The molecule has 1 fully saturated rings. The standard InChI is InChI=1S/C19H21N3OS/c1-13-7-2-3-9-15(13)21-18(23)17-16(22-11-4-5-12-22)14-8-6-10-20-19(14)24-17/h4-6,8,10-13,15H,2-3,7,9H2,1H3,(H,21,23). The van der Waals surface area contributed by atoms with Crippen molar-refractivity contribution in [2.45, 2.75) is 38.6 Å². The fraction of sp³-hybridized carbons (Fsp3) is 0.368. The zero-order chi connectivity index (χ0) is 16.5. The highest BCUT2D eigenvalue weighted by molar-refractivity contribution is 7.21. The van der Waals surface area contributed by atoms with Crippen molar-refractivity contribution in [2.75, 3.05) is 0 Å². The quantitative estimate of drug-likeness (QED) is 0.769. The van der Waals surface area contributed by atoms with Crippen molar-refractivity contribution in [3.8, 4) is 5.69 Å². The van der Waals surface area contributed by atoms with Crippen LogP contribution in [-0.4, -0.2) is 21.5 Å². The van der Waals surface area contributed by atoms with E-state index in [2.05, 4.69) is 17.2 Å². The third kappa shape index (κ3) is 2.73. The average molecular weight is 339 g/mol. The first-order chi connectivity index (χ1) is 11.7. The van der Waals surface area contributed by atoms with Gasteiger partial charge in [-0.2, -0.15) is 0 Å². The second kappa shape index (κ2) is 6.40. The van der Waals surface area contributed by atoms with E-state index < -0.39 is 0 Å². The fourth-order valence-electron chi connectivity index (χ4n) is 3.58. The van der Waals surface area contributed by atoms with Crippen molar-refractivity contribution < 1.29 is 4.79 Å². The molecule has 2 atom stereocenters. The van der Waals surface area contributed by atoms with Gasteiger partial charge in [-0.25, -0.2) is 4.98 Å². The van der Waals surface area contributed by atoms with E-state index in [0.717, 1.165) is 27.2 Å². The first kappa shape index (κ1) is 15.4. The fourth-order valence-corrected chi connectivity index (χ4v) is 4.62. The summed E-state index contributed by atoms with van der Waals surface area (Å²) in [5.74, 6) is 0.575. The van der Waals surface area contributed by atoms with Crippen LogP contribution in [0.4, 0.5) is 0 Å². The minimum absolute atomic E-state index is 0.0282. The molecule has 1 aliphatic rings. The van der Waals surface area contributed by atoms with Crippen LogP contribution in [0.3, 0.4) is 0 Å². The highest BCUT2D eigenvalue weighted by atomic mass is 32.1. The Morgan fingerprint density at radius 2 is 2.04 bits per heavy atom. The van der Waals surface area contributed by atoms with E-state index in [9.17, 15) is 4.79 Å². The van der Waals surface area contributed by atoms with Crippen LogP contribution in [0.1, 0.15) is 42.3 Å². The average Bonchev–Trinajstić information content (AvgIpc) is 3.23. The summed E-state index contributed by atoms with van der Waals surface area (Å²) in [5.41, 5.74) is 0.939. The topological polar surface area (TPSA) is 46.9 Å². The van der Waals surface area contributed by atoms with Crippen LogP contribution < -0.4 is 5.32 Å². The molecular weight excluding hydrogens is 318 g/mol. The van der Waals surface area contributed by atoms with Gasteiger partial charge in [-0.15, -0.1) is 11.3 Å². The van der Waals surface area contributed by atoms with Crippen LogP contribution in [0.5, 0.6) is 0 Å². The van der Waals surface area contributed by atoms with Gasteiger partial charge in [0, 0.05) is 30.0 Å². The molecule has 0 aromatic carbocycles. The van der Waals surface area contributed by atoms with E-state index in [1.165, 1.54) is 30.6 Å². The van der Waals surface area contributed by atoms with Gasteiger partial charge in [0.1, 0.15) is 9.71 Å². The van der Waals surface area contributed by atoms with Gasteiger partial charge in [-0.1, -0.05) is 19.8 Å². The highest BCUT2D eigenvalue weighted by Gasteiger charge is 2.26. The summed E-state index contributed by atoms with van der Waals surface area (Å²) in [7, 11) is 0. The number of nitrogens with one attached hydrogen (secondary N) is 1. The van der Waals surface area contributed by atoms with E-state index in [1.54, 1.807) is 6.20 Å².